The van der Waals surface area contributed by atoms with Gasteiger partial charge in [0.2, 0.25) is 0 Å². The lowest BCUT2D eigenvalue weighted by Crippen LogP contribution is -2.49. The van der Waals surface area contributed by atoms with E-state index >= 15 is 0 Å². The molecule has 0 saturated carbocycles. The van der Waals surface area contributed by atoms with Gasteiger partial charge in [-0.05, 0) is 6.42 Å². The van der Waals surface area contributed by atoms with Gasteiger partial charge in [0.25, 0.3) is 0 Å². The van der Waals surface area contributed by atoms with Crippen LogP contribution in [0.25, 0.3) is 0 Å². The number of aliphatic carboxylic acids is 3. The van der Waals surface area contributed by atoms with Crippen molar-refractivity contribution in [2.45, 2.75) is 25.4 Å². The summed E-state index contributed by atoms with van der Waals surface area (Å²) in [6.45, 7) is 1.87. The molecule has 5 N–H and O–H groups in total. The van der Waals surface area contributed by atoms with Crippen LogP contribution in [0, 0.1) is 11.8 Å². The molecule has 0 amide bonds. The van der Waals surface area contributed by atoms with E-state index in [0.717, 1.165) is 13.8 Å². The van der Waals surface area contributed by atoms with Crippen LogP contribution in [-0.2, 0) is 18.9 Å². The predicted molar refractivity (Wildman–Crippen MR) is 60.6 cm³/mol. The van der Waals surface area contributed by atoms with Gasteiger partial charge < -0.3 is 25.1 Å². The van der Waals surface area contributed by atoms with E-state index in [1.807, 2.05) is 0 Å². The second-order valence-electron chi connectivity index (χ2n) is 4.28. The summed E-state index contributed by atoms with van der Waals surface area (Å²) in [7, 11) is -5.41. The van der Waals surface area contributed by atoms with Crippen LogP contribution in [0.2, 0.25) is 0 Å². The summed E-state index contributed by atoms with van der Waals surface area (Å²) in [6, 6.07) is 0. The van der Waals surface area contributed by atoms with Gasteiger partial charge in [-0.25, -0.2) is 0 Å². The van der Waals surface area contributed by atoms with E-state index in [4.69, 9.17) is 15.3 Å². The first-order valence-corrected chi connectivity index (χ1v) is 6.73. The molecule has 0 aromatic carbocycles. The van der Waals surface area contributed by atoms with Crippen LogP contribution >= 0.6 is 7.60 Å². The second-order valence-corrected chi connectivity index (χ2v) is 6.16. The fraction of sp³-hybridized carbons (Fsp3) is 0.667. The van der Waals surface area contributed by atoms with Gasteiger partial charge in [-0.2, -0.15) is 0 Å². The Morgan fingerprint density at radius 1 is 1.05 bits per heavy atom. The average molecular weight is 298 g/mol. The van der Waals surface area contributed by atoms with Crippen LogP contribution in [0.1, 0.15) is 20.3 Å². The monoisotopic (exact) mass is 298 g/mol. The Balaban J connectivity index is 5.95. The molecule has 0 spiro atoms. The van der Waals surface area contributed by atoms with Crippen molar-refractivity contribution >= 4 is 25.5 Å². The summed E-state index contributed by atoms with van der Waals surface area (Å²) in [4.78, 5) is 51.3. The highest BCUT2D eigenvalue weighted by molar-refractivity contribution is 7.54. The maximum absolute atomic E-state index is 11.5. The van der Waals surface area contributed by atoms with E-state index in [1.54, 1.807) is 0 Å². The molecule has 3 atom stereocenters. The van der Waals surface area contributed by atoms with Crippen molar-refractivity contribution in [3.63, 3.8) is 0 Å². The summed E-state index contributed by atoms with van der Waals surface area (Å²) < 4.78 is 11.5. The molecule has 19 heavy (non-hydrogen) atoms. The number of hydrogen-bond acceptors (Lipinski definition) is 4. The van der Waals surface area contributed by atoms with Crippen molar-refractivity contribution < 1.29 is 44.1 Å². The highest BCUT2D eigenvalue weighted by Crippen LogP contribution is 2.58. The van der Waals surface area contributed by atoms with E-state index in [-0.39, 0.29) is 0 Å². The van der Waals surface area contributed by atoms with E-state index in [9.17, 15) is 28.7 Å². The lowest BCUT2D eigenvalue weighted by Gasteiger charge is -2.34. The molecule has 0 aliphatic rings. The van der Waals surface area contributed by atoms with E-state index in [0.29, 0.717) is 0 Å². The molecule has 9 nitrogen and oxygen atoms in total. The SMILES string of the molecule is CC(CC(C(=O)O)(C(C)C(=O)O)P(=O)(O)O)C(=O)O. The average Bonchev–Trinajstić information content (AvgIpc) is 2.21. The summed E-state index contributed by atoms with van der Waals surface area (Å²) in [5.74, 6) is -8.62. The van der Waals surface area contributed by atoms with E-state index in [2.05, 4.69) is 0 Å². The van der Waals surface area contributed by atoms with Crippen LogP contribution in [0.15, 0.2) is 0 Å². The summed E-state index contributed by atoms with van der Waals surface area (Å²) in [6.07, 6.45) is -0.991. The number of carboxylic acid groups (broad SMARTS) is 3. The molecule has 0 bridgehead atoms. The van der Waals surface area contributed by atoms with Gasteiger partial charge in [0.15, 0.2) is 5.16 Å². The van der Waals surface area contributed by atoms with Crippen molar-refractivity contribution in [2.24, 2.45) is 11.8 Å². The standard InChI is InChI=1S/C9H15O9P/c1-4(6(10)11)3-9(8(14)15,19(16,17)18)5(2)7(12)13/h4-5H,3H2,1-2H3,(H,10,11)(H,12,13)(H,14,15)(H2,16,17,18). The van der Waals surface area contributed by atoms with Crippen LogP contribution in [0.3, 0.4) is 0 Å². The molecule has 0 heterocycles. The third kappa shape index (κ3) is 3.31. The molecule has 0 aliphatic heterocycles. The van der Waals surface area contributed by atoms with Gasteiger partial charge in [0.1, 0.15) is 0 Å². The quantitative estimate of drug-likeness (QED) is 0.400. The topological polar surface area (TPSA) is 169 Å². The molecule has 10 heteroatoms. The molecule has 0 aromatic rings. The normalized spacial score (nSPS) is 18.1. The summed E-state index contributed by atoms with van der Waals surface area (Å²) in [5.41, 5.74) is 0. The Morgan fingerprint density at radius 3 is 1.68 bits per heavy atom. The minimum atomic E-state index is -5.41. The van der Waals surface area contributed by atoms with Gasteiger partial charge in [0.05, 0.1) is 11.8 Å². The van der Waals surface area contributed by atoms with Crippen LogP contribution in [0.4, 0.5) is 0 Å². The molecule has 110 valence electrons. The highest BCUT2D eigenvalue weighted by Gasteiger charge is 2.61. The zero-order valence-electron chi connectivity index (χ0n) is 10.2. The predicted octanol–water partition coefficient (Wildman–Crippen LogP) is -0.181. The summed E-state index contributed by atoms with van der Waals surface area (Å²) >= 11 is 0. The fourth-order valence-corrected chi connectivity index (χ4v) is 3.08. The lowest BCUT2D eigenvalue weighted by molar-refractivity contribution is -0.154. The third-order valence-electron chi connectivity index (χ3n) is 3.02. The zero-order valence-corrected chi connectivity index (χ0v) is 11.1. The number of carbonyl (C=O) groups is 3. The van der Waals surface area contributed by atoms with Crippen molar-refractivity contribution in [3.8, 4) is 0 Å². The van der Waals surface area contributed by atoms with Gasteiger partial charge in [-0.1, -0.05) is 13.8 Å². The molecule has 0 rings (SSSR count). The maximum Gasteiger partial charge on any atom is 0.343 e. The zero-order chi connectivity index (χ0) is 15.6. The molecule has 0 aliphatic carbocycles. The number of carboxylic acids is 3. The van der Waals surface area contributed by atoms with Crippen molar-refractivity contribution in [2.75, 3.05) is 0 Å². The van der Waals surface area contributed by atoms with Crippen molar-refractivity contribution in [1.82, 2.24) is 0 Å². The molecule has 0 fully saturated rings. The maximum atomic E-state index is 11.5. The van der Waals surface area contributed by atoms with E-state index < -0.39 is 48.9 Å². The minimum Gasteiger partial charge on any atom is -0.481 e. The third-order valence-corrected chi connectivity index (χ3v) is 4.82. The van der Waals surface area contributed by atoms with Crippen LogP contribution in [-0.4, -0.2) is 48.2 Å². The summed E-state index contributed by atoms with van der Waals surface area (Å²) in [5, 5.41) is 23.6. The van der Waals surface area contributed by atoms with E-state index in [1.165, 1.54) is 0 Å². The van der Waals surface area contributed by atoms with Crippen molar-refractivity contribution in [3.05, 3.63) is 0 Å². The lowest BCUT2D eigenvalue weighted by atomic mass is 9.85. The fourth-order valence-electron chi connectivity index (χ4n) is 1.70. The van der Waals surface area contributed by atoms with Crippen LogP contribution in [0.5, 0.6) is 0 Å². The van der Waals surface area contributed by atoms with Gasteiger partial charge >= 0.3 is 25.5 Å². The molecule has 3 unspecified atom stereocenters. The van der Waals surface area contributed by atoms with Gasteiger partial charge in [-0.3, -0.25) is 18.9 Å². The first-order chi connectivity index (χ1) is 8.37. The smallest absolute Gasteiger partial charge is 0.343 e. The Morgan fingerprint density at radius 2 is 1.47 bits per heavy atom. The number of rotatable bonds is 7. The second kappa shape index (κ2) is 5.68. The Labute approximate surface area is 108 Å². The minimum absolute atomic E-state index is 0.824. The molecule has 0 saturated heterocycles. The molecule has 0 aromatic heterocycles. The Bertz CT molecular complexity index is 439. The Kier molecular flexibility index (Phi) is 5.25. The van der Waals surface area contributed by atoms with Crippen LogP contribution < -0.4 is 0 Å². The first kappa shape index (κ1) is 17.6. The van der Waals surface area contributed by atoms with Crippen molar-refractivity contribution in [1.29, 1.82) is 0 Å². The molecular weight excluding hydrogens is 283 g/mol. The molecule has 0 radical (unpaired) electrons. The highest BCUT2D eigenvalue weighted by atomic mass is 31.2. The largest absolute Gasteiger partial charge is 0.481 e. The first-order valence-electron chi connectivity index (χ1n) is 5.12. The molecular formula is C9H15O9P. The van der Waals surface area contributed by atoms with Gasteiger partial charge in [0, 0.05) is 0 Å². The number of hydrogen-bond donors (Lipinski definition) is 5. The Hall–Kier alpha value is -1.44. The van der Waals surface area contributed by atoms with Gasteiger partial charge in [-0.15, -0.1) is 0 Å².